The zero-order valence-electron chi connectivity index (χ0n) is 23.8. The third-order valence-electron chi connectivity index (χ3n) is 7.94. The molecule has 2 aliphatic rings. The van der Waals surface area contributed by atoms with Gasteiger partial charge in [-0.1, -0.05) is 101 Å². The minimum atomic E-state index is -4.11. The van der Waals surface area contributed by atoms with Crippen molar-refractivity contribution in [2.24, 2.45) is 0 Å². The summed E-state index contributed by atoms with van der Waals surface area (Å²) in [5, 5.41) is 0. The van der Waals surface area contributed by atoms with Gasteiger partial charge in [0.05, 0.1) is 17.5 Å². The summed E-state index contributed by atoms with van der Waals surface area (Å²) in [6.07, 6.45) is 13.5. The average molecular weight is 599 g/mol. The van der Waals surface area contributed by atoms with Crippen LogP contribution in [0.25, 0.3) is 0 Å². The Hall–Kier alpha value is -3.18. The van der Waals surface area contributed by atoms with E-state index in [4.69, 9.17) is 0 Å². The average Bonchev–Trinajstić information content (AvgIpc) is 3.23. The van der Waals surface area contributed by atoms with Crippen molar-refractivity contribution in [3.05, 3.63) is 108 Å². The maximum Gasteiger partial charge on any atom is 0.266 e. The topological polar surface area (TPSA) is 115 Å². The number of rotatable bonds is 10. The molecular formula is C31H38N2O6S2. The van der Waals surface area contributed by atoms with Gasteiger partial charge < -0.3 is 9.80 Å². The lowest BCUT2D eigenvalue weighted by Crippen LogP contribution is -2.42. The summed E-state index contributed by atoms with van der Waals surface area (Å²) < 4.78 is 64.6. The number of allylic oxidation sites excluding steroid dienone is 7. The maximum absolute atomic E-state index is 11.5. The van der Waals surface area contributed by atoms with E-state index in [1.54, 1.807) is 0 Å². The summed E-state index contributed by atoms with van der Waals surface area (Å²) in [6, 6.07) is 15.7. The molecule has 2 heterocycles. The van der Waals surface area contributed by atoms with E-state index in [9.17, 15) is 25.9 Å². The van der Waals surface area contributed by atoms with Crippen molar-refractivity contribution < 1.29 is 25.9 Å². The first kappa shape index (κ1) is 30.8. The van der Waals surface area contributed by atoms with Gasteiger partial charge in [-0.3, -0.25) is 9.11 Å². The molecule has 0 saturated heterocycles. The first-order valence-corrected chi connectivity index (χ1v) is 16.7. The van der Waals surface area contributed by atoms with Gasteiger partial charge in [0.1, 0.15) is 0 Å². The molecule has 0 aromatic heterocycles. The number of hydrogen-bond donors (Lipinski definition) is 2. The predicted molar refractivity (Wildman–Crippen MR) is 166 cm³/mol. The van der Waals surface area contributed by atoms with E-state index >= 15 is 0 Å². The van der Waals surface area contributed by atoms with Crippen LogP contribution >= 0.6 is 0 Å². The van der Waals surface area contributed by atoms with Gasteiger partial charge >= 0.3 is 0 Å². The van der Waals surface area contributed by atoms with E-state index in [-0.39, 0.29) is 41.5 Å². The molecule has 4 rings (SSSR count). The Labute approximate surface area is 243 Å². The van der Waals surface area contributed by atoms with Crippen molar-refractivity contribution in [2.75, 3.05) is 34.4 Å². The zero-order chi connectivity index (χ0) is 30.1. The summed E-state index contributed by atoms with van der Waals surface area (Å²) in [7, 11) is -8.21. The van der Waals surface area contributed by atoms with Crippen LogP contribution in [-0.2, 0) is 31.1 Å². The standard InChI is InChI=1S/C31H38N2O6S2/c1-30(2)24-14-10-12-16-26(24)32(20-22-40(34,35)36)28(30)18-8-6-5-7-9-19-29-31(3,4)25-15-11-13-17-27(25)33(29)21-23-41(37,38)39/h5-19,28H,20-23H2,1-4H3,(H,34,35,36)(H,37,38,39)/b6-5+,9-7+,18-8+,29-19+. The summed E-state index contributed by atoms with van der Waals surface area (Å²) in [5.74, 6) is -0.720. The molecule has 0 bridgehead atoms. The minimum absolute atomic E-state index is 0.105. The summed E-state index contributed by atoms with van der Waals surface area (Å²) >= 11 is 0. The highest BCUT2D eigenvalue weighted by molar-refractivity contribution is 7.86. The van der Waals surface area contributed by atoms with Crippen LogP contribution in [0.5, 0.6) is 0 Å². The van der Waals surface area contributed by atoms with E-state index in [1.165, 1.54) is 0 Å². The zero-order valence-corrected chi connectivity index (χ0v) is 25.4. The van der Waals surface area contributed by atoms with Crippen molar-refractivity contribution >= 4 is 31.6 Å². The Morgan fingerprint density at radius 3 is 1.93 bits per heavy atom. The Bertz CT molecular complexity index is 1620. The van der Waals surface area contributed by atoms with Gasteiger partial charge in [-0.2, -0.15) is 16.8 Å². The van der Waals surface area contributed by atoms with Crippen molar-refractivity contribution in [2.45, 2.75) is 44.6 Å². The summed E-state index contributed by atoms with van der Waals surface area (Å²) in [5.41, 5.74) is 4.42. The predicted octanol–water partition coefficient (Wildman–Crippen LogP) is 5.28. The van der Waals surface area contributed by atoms with Gasteiger partial charge in [-0.25, -0.2) is 0 Å². The molecule has 1 unspecified atom stereocenters. The number of hydrogen-bond acceptors (Lipinski definition) is 6. The Morgan fingerprint density at radius 2 is 1.27 bits per heavy atom. The first-order chi connectivity index (χ1) is 19.1. The Kier molecular flexibility index (Phi) is 8.71. The molecule has 220 valence electrons. The smallest absolute Gasteiger partial charge is 0.266 e. The van der Waals surface area contributed by atoms with Crippen LogP contribution in [0.2, 0.25) is 0 Å². The van der Waals surface area contributed by atoms with E-state index in [0.717, 1.165) is 28.2 Å². The van der Waals surface area contributed by atoms with Crippen LogP contribution in [0.1, 0.15) is 38.8 Å². The summed E-state index contributed by atoms with van der Waals surface area (Å²) in [4.78, 5) is 3.97. The molecule has 2 aliphatic heterocycles. The fourth-order valence-corrected chi connectivity index (χ4v) is 6.72. The third-order valence-corrected chi connectivity index (χ3v) is 9.33. The number of para-hydroxylation sites is 2. The molecule has 0 amide bonds. The molecule has 2 N–H and O–H groups in total. The van der Waals surface area contributed by atoms with Crippen LogP contribution < -0.4 is 9.80 Å². The van der Waals surface area contributed by atoms with Gasteiger partial charge in [0.25, 0.3) is 20.2 Å². The lowest BCUT2D eigenvalue weighted by atomic mass is 9.80. The van der Waals surface area contributed by atoms with Crippen molar-refractivity contribution in [1.29, 1.82) is 0 Å². The minimum Gasteiger partial charge on any atom is -0.363 e. The third kappa shape index (κ3) is 6.83. The molecule has 10 heteroatoms. The van der Waals surface area contributed by atoms with Crippen LogP contribution in [0.4, 0.5) is 11.4 Å². The molecule has 2 aromatic carbocycles. The van der Waals surface area contributed by atoms with Gasteiger partial charge in [-0.15, -0.1) is 0 Å². The van der Waals surface area contributed by atoms with Crippen LogP contribution in [-0.4, -0.2) is 56.6 Å². The second-order valence-corrected chi connectivity index (χ2v) is 14.6. The summed E-state index contributed by atoms with van der Waals surface area (Å²) in [6.45, 7) is 8.75. The normalized spacial score (nSPS) is 21.0. The van der Waals surface area contributed by atoms with Crippen molar-refractivity contribution in [1.82, 2.24) is 0 Å². The molecule has 41 heavy (non-hydrogen) atoms. The molecular weight excluding hydrogens is 560 g/mol. The molecule has 1 atom stereocenters. The fraction of sp³-hybridized carbons (Fsp3) is 0.355. The molecule has 8 nitrogen and oxygen atoms in total. The lowest BCUT2D eigenvalue weighted by molar-refractivity contribution is 0.466. The van der Waals surface area contributed by atoms with Crippen LogP contribution in [0.15, 0.2) is 96.8 Å². The first-order valence-electron chi connectivity index (χ1n) is 13.5. The second kappa shape index (κ2) is 11.6. The highest BCUT2D eigenvalue weighted by Crippen LogP contribution is 2.47. The second-order valence-electron chi connectivity index (χ2n) is 11.4. The number of benzene rings is 2. The largest absolute Gasteiger partial charge is 0.363 e. The lowest BCUT2D eigenvalue weighted by Gasteiger charge is -2.32. The number of anilines is 2. The van der Waals surface area contributed by atoms with Gasteiger partial charge in [0.15, 0.2) is 0 Å². The van der Waals surface area contributed by atoms with Gasteiger partial charge in [-0.05, 0) is 29.3 Å². The van der Waals surface area contributed by atoms with Gasteiger partial charge in [0, 0.05) is 41.0 Å². The number of nitrogens with zero attached hydrogens (tertiary/aromatic N) is 2. The van der Waals surface area contributed by atoms with E-state index in [0.29, 0.717) is 0 Å². The quantitative estimate of drug-likeness (QED) is 0.281. The van der Waals surface area contributed by atoms with Crippen LogP contribution in [0.3, 0.4) is 0 Å². The monoisotopic (exact) mass is 598 g/mol. The van der Waals surface area contributed by atoms with Gasteiger partial charge in [0.2, 0.25) is 0 Å². The Morgan fingerprint density at radius 1 is 0.732 bits per heavy atom. The van der Waals surface area contributed by atoms with Crippen molar-refractivity contribution in [3.63, 3.8) is 0 Å². The number of fused-ring (bicyclic) bond motifs is 2. The highest BCUT2D eigenvalue weighted by Gasteiger charge is 2.43. The SMILES string of the molecule is CC1(C)\C(=C/C=C/C=C/C=C/C2N(CCS(=O)(=O)O)c3ccccc3C2(C)C)N(CCS(=O)(=O)O)c2ccccc21. The molecule has 0 fully saturated rings. The van der Waals surface area contributed by atoms with E-state index in [1.807, 2.05) is 94.8 Å². The van der Waals surface area contributed by atoms with E-state index in [2.05, 4.69) is 33.8 Å². The van der Waals surface area contributed by atoms with Crippen LogP contribution in [0, 0.1) is 0 Å². The maximum atomic E-state index is 11.5. The molecule has 0 spiro atoms. The van der Waals surface area contributed by atoms with Crippen molar-refractivity contribution in [3.8, 4) is 0 Å². The Balaban J connectivity index is 1.51. The highest BCUT2D eigenvalue weighted by atomic mass is 32.2. The fourth-order valence-electron chi connectivity index (χ4n) is 5.88. The van der Waals surface area contributed by atoms with E-state index < -0.39 is 20.2 Å². The molecule has 0 aliphatic carbocycles. The molecule has 2 aromatic rings. The molecule has 0 radical (unpaired) electrons. The molecule has 0 saturated carbocycles.